The van der Waals surface area contributed by atoms with E-state index in [4.69, 9.17) is 20.2 Å². The first-order chi connectivity index (χ1) is 7.07. The third-order valence-corrected chi connectivity index (χ3v) is 4.41. The molecule has 2 saturated heterocycles. The molecule has 0 spiro atoms. The van der Waals surface area contributed by atoms with E-state index < -0.39 is 9.24 Å². The van der Waals surface area contributed by atoms with Crippen LogP contribution in [0.3, 0.4) is 0 Å². The molecule has 88 valence electrons. The molecule has 2 fully saturated rings. The van der Waals surface area contributed by atoms with Crippen molar-refractivity contribution in [2.24, 2.45) is 5.92 Å². The lowest BCUT2D eigenvalue weighted by Crippen LogP contribution is -2.39. The molecule has 2 heterocycles. The molecule has 0 saturated carbocycles. The van der Waals surface area contributed by atoms with Gasteiger partial charge in [-0.2, -0.15) is 12.7 Å². The Morgan fingerprint density at radius 3 is 2.13 bits per heavy atom. The molecule has 2 aliphatic heterocycles. The van der Waals surface area contributed by atoms with Crippen LogP contribution in [-0.4, -0.2) is 45.3 Å². The second-order valence-corrected chi connectivity index (χ2v) is 6.30. The lowest BCUT2D eigenvalue weighted by atomic mass is 9.98. The van der Waals surface area contributed by atoms with Gasteiger partial charge in [0.05, 0.1) is 13.2 Å². The average Bonchev–Trinajstić information content (AvgIpc) is 2.69. The standard InChI is InChI=1S/C8H14ClNO4S/c9-15(11,12)10-3-1-7(2-4-10)8-13-5-6-14-8/h7-8H,1-6H2. The summed E-state index contributed by atoms with van der Waals surface area (Å²) < 4.78 is 34.2. The first-order valence-electron chi connectivity index (χ1n) is 5.00. The maximum atomic E-state index is 11.0. The van der Waals surface area contributed by atoms with Crippen LogP contribution in [0.2, 0.25) is 0 Å². The van der Waals surface area contributed by atoms with Crippen LogP contribution in [0, 0.1) is 5.92 Å². The molecule has 2 aliphatic rings. The van der Waals surface area contributed by atoms with Crippen LogP contribution in [-0.2, 0) is 18.7 Å². The highest BCUT2D eigenvalue weighted by Gasteiger charge is 2.33. The molecule has 0 bridgehead atoms. The molecule has 0 amide bonds. The van der Waals surface area contributed by atoms with Crippen molar-refractivity contribution in [2.75, 3.05) is 26.3 Å². The van der Waals surface area contributed by atoms with Crippen LogP contribution in [0.15, 0.2) is 0 Å². The topological polar surface area (TPSA) is 55.8 Å². The van der Waals surface area contributed by atoms with Gasteiger partial charge in [-0.3, -0.25) is 0 Å². The first kappa shape index (κ1) is 11.6. The van der Waals surface area contributed by atoms with Crippen molar-refractivity contribution in [1.82, 2.24) is 4.31 Å². The summed E-state index contributed by atoms with van der Waals surface area (Å²) in [7, 11) is 1.71. The van der Waals surface area contributed by atoms with Gasteiger partial charge in [-0.1, -0.05) is 0 Å². The Morgan fingerprint density at radius 2 is 1.67 bits per heavy atom. The van der Waals surface area contributed by atoms with Gasteiger partial charge in [-0.05, 0) is 12.8 Å². The van der Waals surface area contributed by atoms with Crippen LogP contribution in [0.5, 0.6) is 0 Å². The Bertz CT molecular complexity index is 307. The number of piperidine rings is 1. The van der Waals surface area contributed by atoms with E-state index in [0.717, 1.165) is 12.8 Å². The van der Waals surface area contributed by atoms with Crippen molar-refractivity contribution in [3.63, 3.8) is 0 Å². The summed E-state index contributed by atoms with van der Waals surface area (Å²) >= 11 is 0. The van der Waals surface area contributed by atoms with Crippen molar-refractivity contribution in [3.8, 4) is 0 Å². The van der Waals surface area contributed by atoms with Crippen LogP contribution in [0.1, 0.15) is 12.8 Å². The van der Waals surface area contributed by atoms with Crippen LogP contribution < -0.4 is 0 Å². The van der Waals surface area contributed by atoms with Gasteiger partial charge in [-0.15, -0.1) is 0 Å². The van der Waals surface area contributed by atoms with E-state index in [1.807, 2.05) is 0 Å². The van der Waals surface area contributed by atoms with Gasteiger partial charge in [0.1, 0.15) is 0 Å². The minimum atomic E-state index is -3.55. The summed E-state index contributed by atoms with van der Waals surface area (Å²) in [5.74, 6) is 0.294. The predicted octanol–water partition coefficient (Wildman–Crippen LogP) is 0.555. The second kappa shape index (κ2) is 4.55. The van der Waals surface area contributed by atoms with Crippen LogP contribution in [0.25, 0.3) is 0 Å². The highest BCUT2D eigenvalue weighted by Crippen LogP contribution is 2.27. The molecule has 0 N–H and O–H groups in total. The average molecular weight is 256 g/mol. The number of ether oxygens (including phenoxy) is 2. The summed E-state index contributed by atoms with van der Waals surface area (Å²) in [6.45, 7) is 2.19. The third kappa shape index (κ3) is 2.82. The lowest BCUT2D eigenvalue weighted by molar-refractivity contribution is -0.0937. The van der Waals surface area contributed by atoms with Gasteiger partial charge < -0.3 is 9.47 Å². The zero-order valence-electron chi connectivity index (χ0n) is 8.26. The number of hydrogen-bond acceptors (Lipinski definition) is 4. The zero-order chi connectivity index (χ0) is 10.9. The van der Waals surface area contributed by atoms with E-state index in [9.17, 15) is 8.42 Å². The maximum absolute atomic E-state index is 11.0. The molecular weight excluding hydrogens is 242 g/mol. The maximum Gasteiger partial charge on any atom is 0.299 e. The number of nitrogens with zero attached hydrogens (tertiary/aromatic N) is 1. The quantitative estimate of drug-likeness (QED) is 0.677. The van der Waals surface area contributed by atoms with Gasteiger partial charge in [0, 0.05) is 29.7 Å². The summed E-state index contributed by atoms with van der Waals surface area (Å²) in [6.07, 6.45) is 1.35. The van der Waals surface area contributed by atoms with Crippen LogP contribution >= 0.6 is 10.7 Å². The molecule has 0 atom stereocenters. The zero-order valence-corrected chi connectivity index (χ0v) is 9.84. The van der Waals surface area contributed by atoms with Crippen molar-refractivity contribution in [2.45, 2.75) is 19.1 Å². The fraction of sp³-hybridized carbons (Fsp3) is 1.00. The minimum Gasteiger partial charge on any atom is -0.350 e. The molecule has 2 rings (SSSR count). The van der Waals surface area contributed by atoms with E-state index in [-0.39, 0.29) is 6.29 Å². The van der Waals surface area contributed by atoms with Crippen molar-refractivity contribution in [1.29, 1.82) is 0 Å². The van der Waals surface area contributed by atoms with Crippen molar-refractivity contribution in [3.05, 3.63) is 0 Å². The molecule has 7 heteroatoms. The minimum absolute atomic E-state index is 0.148. The molecule has 15 heavy (non-hydrogen) atoms. The van der Waals surface area contributed by atoms with E-state index in [2.05, 4.69) is 0 Å². The van der Waals surface area contributed by atoms with Crippen LogP contribution in [0.4, 0.5) is 0 Å². The molecule has 0 aromatic rings. The number of halogens is 1. The fourth-order valence-electron chi connectivity index (χ4n) is 2.01. The predicted molar refractivity (Wildman–Crippen MR) is 54.8 cm³/mol. The first-order valence-corrected chi connectivity index (χ1v) is 7.27. The second-order valence-electron chi connectivity index (χ2n) is 3.79. The highest BCUT2D eigenvalue weighted by molar-refractivity contribution is 8.11. The lowest BCUT2D eigenvalue weighted by Gasteiger charge is -2.31. The molecule has 0 aromatic carbocycles. The molecule has 0 radical (unpaired) electrons. The molecule has 5 nitrogen and oxygen atoms in total. The largest absolute Gasteiger partial charge is 0.350 e. The van der Waals surface area contributed by atoms with E-state index >= 15 is 0 Å². The monoisotopic (exact) mass is 255 g/mol. The summed E-state index contributed by atoms with van der Waals surface area (Å²) in [5, 5.41) is 0. The van der Waals surface area contributed by atoms with Crippen molar-refractivity contribution >= 4 is 19.9 Å². The fourth-order valence-corrected chi connectivity index (χ4v) is 3.08. The Kier molecular flexibility index (Phi) is 3.52. The smallest absolute Gasteiger partial charge is 0.299 e. The summed E-state index contributed by atoms with van der Waals surface area (Å²) in [6, 6.07) is 0. The molecule has 0 unspecified atom stereocenters. The van der Waals surface area contributed by atoms with Gasteiger partial charge in [0.15, 0.2) is 6.29 Å². The Morgan fingerprint density at radius 1 is 1.13 bits per heavy atom. The molecule has 0 aliphatic carbocycles. The van der Waals surface area contributed by atoms with E-state index in [1.54, 1.807) is 0 Å². The van der Waals surface area contributed by atoms with E-state index in [1.165, 1.54) is 4.31 Å². The van der Waals surface area contributed by atoms with Gasteiger partial charge in [-0.25, -0.2) is 0 Å². The molecule has 0 aromatic heterocycles. The number of hydrogen-bond donors (Lipinski definition) is 0. The summed E-state index contributed by atoms with van der Waals surface area (Å²) in [4.78, 5) is 0. The van der Waals surface area contributed by atoms with Gasteiger partial charge in [0.25, 0.3) is 9.24 Å². The third-order valence-electron chi connectivity index (χ3n) is 2.84. The SMILES string of the molecule is O=S(=O)(Cl)N1CCC(C2OCCO2)CC1. The van der Waals surface area contributed by atoms with Gasteiger partial charge in [0.2, 0.25) is 0 Å². The van der Waals surface area contributed by atoms with Gasteiger partial charge >= 0.3 is 0 Å². The molecular formula is C8H14ClNO4S. The highest BCUT2D eigenvalue weighted by atomic mass is 35.7. The Labute approximate surface area is 93.8 Å². The Balaban J connectivity index is 1.86. The van der Waals surface area contributed by atoms with E-state index in [0.29, 0.717) is 32.2 Å². The Hall–Kier alpha value is 0.120. The normalized spacial score (nSPS) is 27.3. The summed E-state index contributed by atoms with van der Waals surface area (Å²) in [5.41, 5.74) is 0. The van der Waals surface area contributed by atoms with Crippen molar-refractivity contribution < 1.29 is 17.9 Å². The number of rotatable bonds is 2.